The molecular formula is C10H21FN2. The van der Waals surface area contributed by atoms with Crippen LogP contribution in [0.1, 0.15) is 20.3 Å². The Labute approximate surface area is 80.5 Å². The highest BCUT2D eigenvalue weighted by molar-refractivity contribution is 4.78. The molecule has 78 valence electrons. The molecule has 2 nitrogen and oxygen atoms in total. The number of alkyl halides is 1. The van der Waals surface area contributed by atoms with Gasteiger partial charge < -0.3 is 10.2 Å². The van der Waals surface area contributed by atoms with Gasteiger partial charge >= 0.3 is 0 Å². The fraction of sp³-hybridized carbons (Fsp3) is 1.00. The molecule has 0 spiro atoms. The minimum Gasteiger partial charge on any atom is -0.314 e. The number of halogens is 1. The largest absolute Gasteiger partial charge is 0.314 e. The van der Waals surface area contributed by atoms with E-state index >= 15 is 0 Å². The third-order valence-electron chi connectivity index (χ3n) is 2.75. The van der Waals surface area contributed by atoms with Gasteiger partial charge in [0.25, 0.3) is 0 Å². The van der Waals surface area contributed by atoms with E-state index in [0.29, 0.717) is 12.6 Å². The molecule has 0 radical (unpaired) electrons. The van der Waals surface area contributed by atoms with Crippen molar-refractivity contribution in [2.45, 2.75) is 26.3 Å². The lowest BCUT2D eigenvalue weighted by Crippen LogP contribution is -2.31. The molecule has 0 saturated carbocycles. The van der Waals surface area contributed by atoms with E-state index in [2.05, 4.69) is 24.1 Å². The number of rotatable bonds is 5. The van der Waals surface area contributed by atoms with E-state index < -0.39 is 0 Å². The van der Waals surface area contributed by atoms with Crippen LogP contribution >= 0.6 is 0 Å². The lowest BCUT2D eigenvalue weighted by Gasteiger charge is -2.20. The van der Waals surface area contributed by atoms with Crippen LogP contribution in [0.15, 0.2) is 0 Å². The first kappa shape index (κ1) is 10.9. The number of nitrogens with one attached hydrogen (secondary N) is 1. The van der Waals surface area contributed by atoms with Gasteiger partial charge in [0.2, 0.25) is 0 Å². The van der Waals surface area contributed by atoms with E-state index in [1.165, 1.54) is 19.5 Å². The van der Waals surface area contributed by atoms with Gasteiger partial charge in [0.15, 0.2) is 0 Å². The zero-order valence-corrected chi connectivity index (χ0v) is 8.72. The predicted molar refractivity (Wildman–Crippen MR) is 53.7 cm³/mol. The minimum atomic E-state index is -0.249. The van der Waals surface area contributed by atoms with Crippen molar-refractivity contribution in [3.05, 3.63) is 0 Å². The lowest BCUT2D eigenvalue weighted by atomic mass is 10.1. The average molecular weight is 188 g/mol. The molecule has 0 aromatic heterocycles. The van der Waals surface area contributed by atoms with Crippen LogP contribution in [-0.2, 0) is 0 Å². The van der Waals surface area contributed by atoms with Crippen molar-refractivity contribution < 1.29 is 4.39 Å². The van der Waals surface area contributed by atoms with Crippen LogP contribution in [0.2, 0.25) is 0 Å². The van der Waals surface area contributed by atoms with Gasteiger partial charge in [-0.2, -0.15) is 0 Å². The number of nitrogens with zero attached hydrogens (tertiary/aromatic N) is 1. The van der Waals surface area contributed by atoms with Crippen LogP contribution in [0.5, 0.6) is 0 Å². The van der Waals surface area contributed by atoms with Crippen molar-refractivity contribution in [1.82, 2.24) is 10.2 Å². The number of hydrogen-bond acceptors (Lipinski definition) is 2. The Morgan fingerprint density at radius 2 is 2.31 bits per heavy atom. The maximum Gasteiger partial charge on any atom is 0.102 e. The molecule has 1 N–H and O–H groups in total. The van der Waals surface area contributed by atoms with Gasteiger partial charge in [0.1, 0.15) is 6.67 Å². The lowest BCUT2D eigenvalue weighted by molar-refractivity contribution is 0.263. The Hall–Kier alpha value is -0.150. The van der Waals surface area contributed by atoms with E-state index in [4.69, 9.17) is 0 Å². The van der Waals surface area contributed by atoms with Gasteiger partial charge in [-0.3, -0.25) is 0 Å². The van der Waals surface area contributed by atoms with Gasteiger partial charge in [-0.15, -0.1) is 0 Å². The molecule has 0 aliphatic carbocycles. The SMILES string of the molecule is CC(C)N1CCC(CNCCF)C1. The van der Waals surface area contributed by atoms with Crippen LogP contribution in [-0.4, -0.2) is 43.8 Å². The van der Waals surface area contributed by atoms with Gasteiger partial charge in [0.05, 0.1) is 0 Å². The summed E-state index contributed by atoms with van der Waals surface area (Å²) in [4.78, 5) is 2.49. The van der Waals surface area contributed by atoms with Crippen molar-refractivity contribution in [1.29, 1.82) is 0 Å². The zero-order valence-electron chi connectivity index (χ0n) is 8.72. The fourth-order valence-corrected chi connectivity index (χ4v) is 1.87. The van der Waals surface area contributed by atoms with Crippen molar-refractivity contribution in [3.63, 3.8) is 0 Å². The van der Waals surface area contributed by atoms with Crippen LogP contribution in [0.3, 0.4) is 0 Å². The summed E-state index contributed by atoms with van der Waals surface area (Å²) in [6.45, 7) is 8.09. The molecule has 0 aromatic rings. The topological polar surface area (TPSA) is 15.3 Å². The fourth-order valence-electron chi connectivity index (χ4n) is 1.87. The maximum absolute atomic E-state index is 11.8. The Bertz CT molecular complexity index is 139. The predicted octanol–water partition coefficient (Wildman–Crippen LogP) is 1.28. The zero-order chi connectivity index (χ0) is 9.68. The van der Waals surface area contributed by atoms with Gasteiger partial charge in [-0.05, 0) is 39.3 Å². The maximum atomic E-state index is 11.8. The van der Waals surface area contributed by atoms with E-state index in [1.807, 2.05) is 0 Å². The van der Waals surface area contributed by atoms with Crippen LogP contribution in [0, 0.1) is 5.92 Å². The van der Waals surface area contributed by atoms with Crippen molar-refractivity contribution in [2.75, 3.05) is 32.9 Å². The first-order valence-corrected chi connectivity index (χ1v) is 5.24. The summed E-state index contributed by atoms with van der Waals surface area (Å²) in [6, 6.07) is 0.658. The Balaban J connectivity index is 2.10. The van der Waals surface area contributed by atoms with E-state index in [1.54, 1.807) is 0 Å². The summed E-state index contributed by atoms with van der Waals surface area (Å²) in [7, 11) is 0. The molecule has 0 bridgehead atoms. The molecule has 1 aliphatic rings. The standard InChI is InChI=1S/C10H21FN2/c1-9(2)13-6-3-10(8-13)7-12-5-4-11/h9-10,12H,3-8H2,1-2H3. The molecule has 1 saturated heterocycles. The quantitative estimate of drug-likeness (QED) is 0.654. The first-order valence-electron chi connectivity index (χ1n) is 5.24. The van der Waals surface area contributed by atoms with Crippen LogP contribution < -0.4 is 5.32 Å². The highest BCUT2D eigenvalue weighted by Crippen LogP contribution is 2.17. The molecule has 1 heterocycles. The van der Waals surface area contributed by atoms with Crippen LogP contribution in [0.4, 0.5) is 4.39 Å². The molecule has 0 amide bonds. The van der Waals surface area contributed by atoms with Crippen molar-refractivity contribution in [3.8, 4) is 0 Å². The molecule has 1 unspecified atom stereocenters. The minimum absolute atomic E-state index is 0.249. The Kier molecular flexibility index (Phi) is 4.67. The smallest absolute Gasteiger partial charge is 0.102 e. The monoisotopic (exact) mass is 188 g/mol. The molecular weight excluding hydrogens is 167 g/mol. The van der Waals surface area contributed by atoms with Crippen molar-refractivity contribution in [2.24, 2.45) is 5.92 Å². The summed E-state index contributed by atoms with van der Waals surface area (Å²) in [5.41, 5.74) is 0. The normalized spacial score (nSPS) is 24.5. The van der Waals surface area contributed by atoms with Gasteiger partial charge in [-0.1, -0.05) is 0 Å². The molecule has 13 heavy (non-hydrogen) atoms. The highest BCUT2D eigenvalue weighted by atomic mass is 19.1. The molecule has 0 aromatic carbocycles. The first-order chi connectivity index (χ1) is 6.24. The second kappa shape index (κ2) is 5.55. The molecule has 1 atom stereocenters. The summed E-state index contributed by atoms with van der Waals surface area (Å²) in [5.74, 6) is 0.731. The second-order valence-electron chi connectivity index (χ2n) is 4.14. The summed E-state index contributed by atoms with van der Waals surface area (Å²) < 4.78 is 11.8. The summed E-state index contributed by atoms with van der Waals surface area (Å²) >= 11 is 0. The molecule has 1 rings (SSSR count). The molecule has 1 fully saturated rings. The highest BCUT2D eigenvalue weighted by Gasteiger charge is 2.23. The van der Waals surface area contributed by atoms with Gasteiger partial charge in [-0.25, -0.2) is 4.39 Å². The third kappa shape index (κ3) is 3.61. The average Bonchev–Trinajstić information content (AvgIpc) is 2.53. The summed E-state index contributed by atoms with van der Waals surface area (Å²) in [6.07, 6.45) is 1.26. The second-order valence-corrected chi connectivity index (χ2v) is 4.14. The number of hydrogen-bond donors (Lipinski definition) is 1. The van der Waals surface area contributed by atoms with E-state index in [0.717, 1.165) is 12.5 Å². The van der Waals surface area contributed by atoms with E-state index in [9.17, 15) is 4.39 Å². The third-order valence-corrected chi connectivity index (χ3v) is 2.75. The molecule has 3 heteroatoms. The van der Waals surface area contributed by atoms with Crippen molar-refractivity contribution >= 4 is 0 Å². The Morgan fingerprint density at radius 1 is 1.54 bits per heavy atom. The number of likely N-dealkylation sites (tertiary alicyclic amines) is 1. The Morgan fingerprint density at radius 3 is 2.85 bits per heavy atom. The van der Waals surface area contributed by atoms with E-state index in [-0.39, 0.29) is 6.67 Å². The van der Waals surface area contributed by atoms with Gasteiger partial charge in [0, 0.05) is 19.1 Å². The molecule has 1 aliphatic heterocycles. The summed E-state index contributed by atoms with van der Waals surface area (Å²) in [5, 5.41) is 3.13. The van der Waals surface area contributed by atoms with Crippen LogP contribution in [0.25, 0.3) is 0 Å².